The van der Waals surface area contributed by atoms with Crippen LogP contribution in [0.3, 0.4) is 0 Å². The van der Waals surface area contributed by atoms with E-state index in [0.717, 1.165) is 49.5 Å². The predicted octanol–water partition coefficient (Wildman–Crippen LogP) is 3.72. The van der Waals surface area contributed by atoms with Crippen LogP contribution >= 0.6 is 0 Å². The molecule has 2 aromatic carbocycles. The molecule has 31 heavy (non-hydrogen) atoms. The van der Waals surface area contributed by atoms with Crippen molar-refractivity contribution in [2.75, 3.05) is 36.0 Å². The highest BCUT2D eigenvalue weighted by Crippen LogP contribution is 2.36. The third-order valence-electron chi connectivity index (χ3n) is 6.24. The van der Waals surface area contributed by atoms with E-state index < -0.39 is 0 Å². The van der Waals surface area contributed by atoms with E-state index in [1.54, 1.807) is 0 Å². The van der Waals surface area contributed by atoms with E-state index in [1.807, 2.05) is 64.7 Å². The highest BCUT2D eigenvalue weighted by molar-refractivity contribution is 5.97. The molecular weight excluding hydrogens is 388 g/mol. The Hall–Kier alpha value is -3.79. The number of hydrogen-bond donors (Lipinski definition) is 1. The zero-order valence-electron chi connectivity index (χ0n) is 17.2. The minimum atomic E-state index is 0.0801. The molecule has 2 aliphatic heterocycles. The number of aromatic nitrogens is 2. The lowest BCUT2D eigenvalue weighted by atomic mass is 10.0. The Morgan fingerprint density at radius 2 is 1.90 bits per heavy atom. The average molecular weight is 412 g/mol. The number of carbonyl (C=O) groups excluding carboxylic acids is 1. The standard InChI is InChI=1S/C24H24N6O/c25-13-18-5-7-19(8-6-18)16-28-11-12-30(23-4-2-1-3-22(23)28)24(31)29-10-9-20(17-29)21-14-26-27-15-21/h1-8,14-15,20H,9-12,16-17H2,(H,26,27). The molecule has 7 heteroatoms. The maximum Gasteiger partial charge on any atom is 0.324 e. The average Bonchev–Trinajstić information content (AvgIpc) is 3.51. The number of nitrogens with one attached hydrogen (secondary N) is 1. The molecule has 5 rings (SSSR count). The molecule has 7 nitrogen and oxygen atoms in total. The number of nitriles is 1. The molecule has 2 aliphatic rings. The number of anilines is 2. The van der Waals surface area contributed by atoms with Gasteiger partial charge in [0.05, 0.1) is 29.2 Å². The molecule has 0 bridgehead atoms. The lowest BCUT2D eigenvalue weighted by Crippen LogP contribution is -2.49. The highest BCUT2D eigenvalue weighted by atomic mass is 16.2. The topological polar surface area (TPSA) is 79.3 Å². The van der Waals surface area contributed by atoms with Crippen molar-refractivity contribution in [2.24, 2.45) is 0 Å². The van der Waals surface area contributed by atoms with E-state index in [1.165, 1.54) is 5.56 Å². The summed E-state index contributed by atoms with van der Waals surface area (Å²) >= 11 is 0. The molecular formula is C24H24N6O. The predicted molar refractivity (Wildman–Crippen MR) is 119 cm³/mol. The summed E-state index contributed by atoms with van der Waals surface area (Å²) in [6.45, 7) is 3.66. The molecule has 156 valence electrons. The Bertz CT molecular complexity index is 1100. The molecule has 1 fully saturated rings. The summed E-state index contributed by atoms with van der Waals surface area (Å²) < 4.78 is 0. The van der Waals surface area contributed by atoms with Gasteiger partial charge in [0.2, 0.25) is 0 Å². The summed E-state index contributed by atoms with van der Waals surface area (Å²) in [5.74, 6) is 0.343. The van der Waals surface area contributed by atoms with Crippen LogP contribution in [0.2, 0.25) is 0 Å². The third-order valence-corrected chi connectivity index (χ3v) is 6.24. The fourth-order valence-corrected chi connectivity index (χ4v) is 4.55. The molecule has 3 aromatic rings. The van der Waals surface area contributed by atoms with Gasteiger partial charge in [-0.15, -0.1) is 0 Å². The summed E-state index contributed by atoms with van der Waals surface area (Å²) in [6, 6.07) is 18.1. The second-order valence-electron chi connectivity index (χ2n) is 8.12. The Balaban J connectivity index is 1.33. The van der Waals surface area contributed by atoms with E-state index in [-0.39, 0.29) is 6.03 Å². The summed E-state index contributed by atoms with van der Waals surface area (Å²) in [5, 5.41) is 15.9. The van der Waals surface area contributed by atoms with Crippen LogP contribution in [0.4, 0.5) is 16.2 Å². The van der Waals surface area contributed by atoms with Crippen molar-refractivity contribution in [3.8, 4) is 6.07 Å². The number of para-hydroxylation sites is 2. The van der Waals surface area contributed by atoms with Crippen molar-refractivity contribution in [1.82, 2.24) is 15.1 Å². The van der Waals surface area contributed by atoms with Gasteiger partial charge in [-0.1, -0.05) is 24.3 Å². The van der Waals surface area contributed by atoms with Crippen LogP contribution in [0, 0.1) is 11.3 Å². The monoisotopic (exact) mass is 412 g/mol. The molecule has 1 saturated heterocycles. The van der Waals surface area contributed by atoms with Crippen LogP contribution in [0.15, 0.2) is 60.9 Å². The Morgan fingerprint density at radius 3 is 2.65 bits per heavy atom. The molecule has 1 N–H and O–H groups in total. The molecule has 2 amide bonds. The largest absolute Gasteiger partial charge is 0.364 e. The summed E-state index contributed by atoms with van der Waals surface area (Å²) in [7, 11) is 0. The number of carbonyl (C=O) groups is 1. The molecule has 1 aromatic heterocycles. The number of H-pyrrole nitrogens is 1. The van der Waals surface area contributed by atoms with E-state index >= 15 is 0 Å². The van der Waals surface area contributed by atoms with E-state index in [9.17, 15) is 4.79 Å². The number of fused-ring (bicyclic) bond motifs is 1. The SMILES string of the molecule is N#Cc1ccc(CN2CCN(C(=O)N3CCC(c4cn[nH]c4)C3)c3ccccc32)cc1. The first-order valence-corrected chi connectivity index (χ1v) is 10.6. The molecule has 1 unspecified atom stereocenters. The minimum Gasteiger partial charge on any atom is -0.364 e. The van der Waals surface area contributed by atoms with Gasteiger partial charge >= 0.3 is 6.03 Å². The Labute approximate surface area is 181 Å². The first-order valence-electron chi connectivity index (χ1n) is 10.6. The molecule has 0 spiro atoms. The van der Waals surface area contributed by atoms with E-state index in [2.05, 4.69) is 27.2 Å². The number of aromatic amines is 1. The van der Waals surface area contributed by atoms with Crippen LogP contribution < -0.4 is 9.80 Å². The fraction of sp³-hybridized carbons (Fsp3) is 0.292. The molecule has 1 atom stereocenters. The van der Waals surface area contributed by atoms with Crippen LogP contribution in [-0.4, -0.2) is 47.3 Å². The zero-order chi connectivity index (χ0) is 21.2. The summed E-state index contributed by atoms with van der Waals surface area (Å²) in [6.07, 6.45) is 4.75. The van der Waals surface area contributed by atoms with Gasteiger partial charge in [-0.3, -0.25) is 10.00 Å². The lowest BCUT2D eigenvalue weighted by Gasteiger charge is -2.39. The van der Waals surface area contributed by atoms with Crippen molar-refractivity contribution in [2.45, 2.75) is 18.9 Å². The Morgan fingerprint density at radius 1 is 1.10 bits per heavy atom. The van der Waals surface area contributed by atoms with Gasteiger partial charge in [-0.05, 0) is 41.8 Å². The number of hydrogen-bond acceptors (Lipinski definition) is 4. The maximum absolute atomic E-state index is 13.4. The van der Waals surface area contributed by atoms with Gasteiger partial charge in [0.1, 0.15) is 0 Å². The van der Waals surface area contributed by atoms with Crippen LogP contribution in [0.5, 0.6) is 0 Å². The minimum absolute atomic E-state index is 0.0801. The van der Waals surface area contributed by atoms with E-state index in [4.69, 9.17) is 5.26 Å². The summed E-state index contributed by atoms with van der Waals surface area (Å²) in [4.78, 5) is 19.6. The maximum atomic E-state index is 13.4. The fourth-order valence-electron chi connectivity index (χ4n) is 4.55. The highest BCUT2D eigenvalue weighted by Gasteiger charge is 2.34. The Kier molecular flexibility index (Phi) is 5.04. The summed E-state index contributed by atoms with van der Waals surface area (Å²) in [5.41, 5.74) is 5.01. The first-order chi connectivity index (χ1) is 15.2. The van der Waals surface area contributed by atoms with Crippen LogP contribution in [0.25, 0.3) is 0 Å². The van der Waals surface area contributed by atoms with Gasteiger partial charge in [-0.25, -0.2) is 4.79 Å². The van der Waals surface area contributed by atoms with Gasteiger partial charge in [0, 0.05) is 44.8 Å². The third kappa shape index (κ3) is 3.73. The van der Waals surface area contributed by atoms with E-state index in [0.29, 0.717) is 18.0 Å². The number of likely N-dealkylation sites (tertiary alicyclic amines) is 1. The smallest absolute Gasteiger partial charge is 0.324 e. The van der Waals surface area contributed by atoms with Crippen LogP contribution in [0.1, 0.15) is 29.0 Å². The van der Waals surface area contributed by atoms with Crippen molar-refractivity contribution in [3.63, 3.8) is 0 Å². The lowest BCUT2D eigenvalue weighted by molar-refractivity contribution is 0.214. The van der Waals surface area contributed by atoms with Gasteiger partial charge < -0.3 is 9.80 Å². The van der Waals surface area contributed by atoms with Crippen molar-refractivity contribution in [1.29, 1.82) is 5.26 Å². The number of amides is 2. The number of rotatable bonds is 3. The number of urea groups is 1. The number of benzene rings is 2. The molecule has 0 radical (unpaired) electrons. The normalized spacial score (nSPS) is 18.0. The zero-order valence-corrected chi connectivity index (χ0v) is 17.2. The number of nitrogens with zero attached hydrogens (tertiary/aromatic N) is 5. The quantitative estimate of drug-likeness (QED) is 0.711. The van der Waals surface area contributed by atoms with Crippen molar-refractivity contribution >= 4 is 17.4 Å². The molecule has 0 saturated carbocycles. The van der Waals surface area contributed by atoms with Gasteiger partial charge in [-0.2, -0.15) is 10.4 Å². The van der Waals surface area contributed by atoms with Crippen molar-refractivity contribution < 1.29 is 4.79 Å². The second kappa shape index (κ2) is 8.15. The van der Waals surface area contributed by atoms with Gasteiger partial charge in [0.15, 0.2) is 0 Å². The van der Waals surface area contributed by atoms with Crippen molar-refractivity contribution in [3.05, 3.63) is 77.6 Å². The van der Waals surface area contributed by atoms with Crippen LogP contribution in [-0.2, 0) is 6.54 Å². The second-order valence-corrected chi connectivity index (χ2v) is 8.12. The molecule has 3 heterocycles. The van der Waals surface area contributed by atoms with Gasteiger partial charge in [0.25, 0.3) is 0 Å². The first kappa shape index (κ1) is 19.2. The molecule has 0 aliphatic carbocycles.